The molecular weight excluding hydrogens is 298 g/mol. The Bertz CT molecular complexity index is 657. The van der Waals surface area contributed by atoms with E-state index in [1.165, 1.54) is 18.4 Å². The second-order valence-electron chi connectivity index (χ2n) is 6.87. The van der Waals surface area contributed by atoms with Gasteiger partial charge in [-0.15, -0.1) is 0 Å². The highest BCUT2D eigenvalue weighted by Crippen LogP contribution is 2.21. The molecule has 1 aromatic carbocycles. The number of nitrogens with one attached hydrogen (secondary N) is 1. The first kappa shape index (κ1) is 15.6. The Morgan fingerprint density at radius 2 is 1.92 bits per heavy atom. The standard InChI is InChI=1S/C20H25N3O/c1-2-5-16(6-3-1)14-23-12-11-19(15-23)24-20-8-4-7-18(22-20)13-21-17-9-10-17/h1-8,17,19,21H,9-15H2. The van der Waals surface area contributed by atoms with E-state index in [0.717, 1.165) is 44.2 Å². The van der Waals surface area contributed by atoms with Gasteiger partial charge in [-0.1, -0.05) is 36.4 Å². The molecule has 1 aromatic heterocycles. The quantitative estimate of drug-likeness (QED) is 0.850. The fraction of sp³-hybridized carbons (Fsp3) is 0.450. The van der Waals surface area contributed by atoms with Crippen LogP contribution in [0.15, 0.2) is 48.5 Å². The van der Waals surface area contributed by atoms with E-state index in [4.69, 9.17) is 4.74 Å². The molecule has 1 unspecified atom stereocenters. The molecule has 2 aromatic rings. The Morgan fingerprint density at radius 3 is 2.75 bits per heavy atom. The van der Waals surface area contributed by atoms with Gasteiger partial charge in [0.1, 0.15) is 6.10 Å². The predicted molar refractivity (Wildman–Crippen MR) is 94.9 cm³/mol. The summed E-state index contributed by atoms with van der Waals surface area (Å²) < 4.78 is 6.13. The summed E-state index contributed by atoms with van der Waals surface area (Å²) >= 11 is 0. The highest BCUT2D eigenvalue weighted by atomic mass is 16.5. The zero-order chi connectivity index (χ0) is 16.2. The van der Waals surface area contributed by atoms with Crippen molar-refractivity contribution in [3.63, 3.8) is 0 Å². The van der Waals surface area contributed by atoms with Crippen molar-refractivity contribution >= 4 is 0 Å². The maximum Gasteiger partial charge on any atom is 0.213 e. The fourth-order valence-corrected chi connectivity index (χ4v) is 3.21. The molecule has 1 aliphatic heterocycles. The fourth-order valence-electron chi connectivity index (χ4n) is 3.21. The van der Waals surface area contributed by atoms with Crippen LogP contribution < -0.4 is 10.1 Å². The van der Waals surface area contributed by atoms with Gasteiger partial charge in [-0.3, -0.25) is 4.90 Å². The third-order valence-corrected chi connectivity index (χ3v) is 4.70. The third-order valence-electron chi connectivity index (χ3n) is 4.70. The first-order valence-electron chi connectivity index (χ1n) is 8.97. The van der Waals surface area contributed by atoms with Crippen LogP contribution in [0.3, 0.4) is 0 Å². The van der Waals surface area contributed by atoms with Crippen LogP contribution in [-0.2, 0) is 13.1 Å². The number of benzene rings is 1. The lowest BCUT2D eigenvalue weighted by atomic mass is 10.2. The molecule has 4 rings (SSSR count). The molecule has 126 valence electrons. The first-order chi connectivity index (χ1) is 11.8. The Hall–Kier alpha value is -1.91. The van der Waals surface area contributed by atoms with Crippen LogP contribution in [0.1, 0.15) is 30.5 Å². The molecule has 2 fully saturated rings. The molecule has 4 heteroatoms. The van der Waals surface area contributed by atoms with Crippen LogP contribution >= 0.6 is 0 Å². The van der Waals surface area contributed by atoms with E-state index in [0.29, 0.717) is 6.04 Å². The summed E-state index contributed by atoms with van der Waals surface area (Å²) in [5.74, 6) is 0.761. The van der Waals surface area contributed by atoms with Crippen LogP contribution in [0.25, 0.3) is 0 Å². The Balaban J connectivity index is 1.28. The van der Waals surface area contributed by atoms with Crippen molar-refractivity contribution in [3.8, 4) is 5.88 Å². The topological polar surface area (TPSA) is 37.4 Å². The SMILES string of the molecule is c1ccc(CN2CCC(Oc3cccc(CNC4CC4)n3)C2)cc1. The van der Waals surface area contributed by atoms with E-state index in [9.17, 15) is 0 Å². The minimum absolute atomic E-state index is 0.243. The highest BCUT2D eigenvalue weighted by molar-refractivity contribution is 5.17. The molecule has 0 radical (unpaired) electrons. The lowest BCUT2D eigenvalue weighted by molar-refractivity contribution is 0.191. The molecule has 24 heavy (non-hydrogen) atoms. The van der Waals surface area contributed by atoms with Crippen LogP contribution in [0.2, 0.25) is 0 Å². The Kier molecular flexibility index (Phi) is 4.76. The summed E-state index contributed by atoms with van der Waals surface area (Å²) in [6, 6.07) is 17.4. The van der Waals surface area contributed by atoms with Gasteiger partial charge in [-0.05, 0) is 30.9 Å². The number of nitrogens with zero attached hydrogens (tertiary/aromatic N) is 2. The van der Waals surface area contributed by atoms with Gasteiger partial charge in [-0.25, -0.2) is 4.98 Å². The normalized spacial score (nSPS) is 21.1. The molecular formula is C20H25N3O. The molecule has 0 bridgehead atoms. The number of aromatic nitrogens is 1. The zero-order valence-electron chi connectivity index (χ0n) is 14.0. The van der Waals surface area contributed by atoms with Gasteiger partial charge >= 0.3 is 0 Å². The minimum Gasteiger partial charge on any atom is -0.473 e. The summed E-state index contributed by atoms with van der Waals surface area (Å²) in [7, 11) is 0. The number of rotatable bonds is 7. The Morgan fingerprint density at radius 1 is 1.04 bits per heavy atom. The van der Waals surface area contributed by atoms with E-state index in [1.54, 1.807) is 0 Å². The molecule has 1 aliphatic carbocycles. The van der Waals surface area contributed by atoms with Gasteiger partial charge in [0.25, 0.3) is 0 Å². The van der Waals surface area contributed by atoms with Crippen LogP contribution in [0.5, 0.6) is 5.88 Å². The first-order valence-corrected chi connectivity index (χ1v) is 8.97. The minimum atomic E-state index is 0.243. The number of hydrogen-bond acceptors (Lipinski definition) is 4. The number of hydrogen-bond donors (Lipinski definition) is 1. The van der Waals surface area contributed by atoms with E-state index in [-0.39, 0.29) is 6.10 Å². The monoisotopic (exact) mass is 323 g/mol. The molecule has 1 saturated carbocycles. The van der Waals surface area contributed by atoms with Crippen molar-refractivity contribution < 1.29 is 4.74 Å². The average molecular weight is 323 g/mol. The van der Waals surface area contributed by atoms with Crippen molar-refractivity contribution in [2.75, 3.05) is 13.1 Å². The Labute approximate surface area is 143 Å². The lowest BCUT2D eigenvalue weighted by Gasteiger charge is -2.17. The number of ether oxygens (including phenoxy) is 1. The highest BCUT2D eigenvalue weighted by Gasteiger charge is 2.24. The van der Waals surface area contributed by atoms with Gasteiger partial charge in [0.15, 0.2) is 0 Å². The van der Waals surface area contributed by atoms with Crippen molar-refractivity contribution in [1.29, 1.82) is 0 Å². The van der Waals surface area contributed by atoms with Crippen LogP contribution in [-0.4, -0.2) is 35.1 Å². The van der Waals surface area contributed by atoms with E-state index in [2.05, 4.69) is 51.6 Å². The van der Waals surface area contributed by atoms with Crippen molar-refractivity contribution in [1.82, 2.24) is 15.2 Å². The average Bonchev–Trinajstić information content (AvgIpc) is 3.35. The predicted octanol–water partition coefficient (Wildman–Crippen LogP) is 2.99. The second kappa shape index (κ2) is 7.32. The summed E-state index contributed by atoms with van der Waals surface area (Å²) in [5.41, 5.74) is 2.43. The number of pyridine rings is 1. The smallest absolute Gasteiger partial charge is 0.213 e. The van der Waals surface area contributed by atoms with E-state index >= 15 is 0 Å². The van der Waals surface area contributed by atoms with Crippen LogP contribution in [0.4, 0.5) is 0 Å². The van der Waals surface area contributed by atoms with Gasteiger partial charge < -0.3 is 10.1 Å². The van der Waals surface area contributed by atoms with Crippen molar-refractivity contribution in [2.45, 2.75) is 44.5 Å². The molecule has 0 spiro atoms. The summed E-state index contributed by atoms with van der Waals surface area (Å²) in [5, 5.41) is 3.50. The molecule has 2 heterocycles. The molecule has 2 aliphatic rings. The van der Waals surface area contributed by atoms with Gasteiger partial charge in [0.2, 0.25) is 5.88 Å². The van der Waals surface area contributed by atoms with Crippen molar-refractivity contribution in [2.24, 2.45) is 0 Å². The zero-order valence-corrected chi connectivity index (χ0v) is 14.0. The van der Waals surface area contributed by atoms with E-state index < -0.39 is 0 Å². The largest absolute Gasteiger partial charge is 0.473 e. The van der Waals surface area contributed by atoms with Crippen LogP contribution in [0, 0.1) is 0 Å². The van der Waals surface area contributed by atoms with Crippen molar-refractivity contribution in [3.05, 3.63) is 59.8 Å². The summed E-state index contributed by atoms with van der Waals surface area (Å²) in [4.78, 5) is 7.10. The summed E-state index contributed by atoms with van der Waals surface area (Å²) in [6.45, 7) is 3.90. The van der Waals surface area contributed by atoms with E-state index in [1.807, 2.05) is 12.1 Å². The maximum absolute atomic E-state index is 6.13. The second-order valence-corrected chi connectivity index (χ2v) is 6.87. The van der Waals surface area contributed by atoms with Gasteiger partial charge in [0, 0.05) is 38.3 Å². The maximum atomic E-state index is 6.13. The molecule has 1 atom stereocenters. The number of likely N-dealkylation sites (tertiary alicyclic amines) is 1. The lowest BCUT2D eigenvalue weighted by Crippen LogP contribution is -2.25. The molecule has 1 N–H and O–H groups in total. The molecule has 0 amide bonds. The molecule has 4 nitrogen and oxygen atoms in total. The molecule has 1 saturated heterocycles. The van der Waals surface area contributed by atoms with Gasteiger partial charge in [0.05, 0.1) is 5.69 Å². The van der Waals surface area contributed by atoms with Gasteiger partial charge in [-0.2, -0.15) is 0 Å². The third kappa shape index (κ3) is 4.34. The summed E-state index contributed by atoms with van der Waals surface area (Å²) in [6.07, 6.45) is 3.91.